The summed E-state index contributed by atoms with van der Waals surface area (Å²) in [5, 5.41) is 23.2. The molecule has 0 aliphatic rings. The fraction of sp³-hybridized carbons (Fsp3) is 0.308. The summed E-state index contributed by atoms with van der Waals surface area (Å²) in [6.07, 6.45) is 0. The molecule has 0 aliphatic heterocycles. The van der Waals surface area contributed by atoms with Crippen molar-refractivity contribution in [1.82, 2.24) is 24.9 Å². The second-order valence-corrected chi connectivity index (χ2v) is 15.7. The maximum atomic E-state index is 10.9. The minimum atomic E-state index is -1.67. The van der Waals surface area contributed by atoms with Gasteiger partial charge < -0.3 is 50.0 Å². The van der Waals surface area contributed by atoms with E-state index in [-0.39, 0.29) is 58.3 Å². The first kappa shape index (κ1) is 76.3. The Labute approximate surface area is 460 Å². The molecule has 5 aromatic rings. The molecule has 5 aromatic heterocycles. The van der Waals surface area contributed by atoms with Gasteiger partial charge in [0.25, 0.3) is 5.82 Å². The molecule has 0 bridgehead atoms. The molecule has 68 heavy (non-hydrogen) atoms. The average Bonchev–Trinajstić information content (AvgIpc) is 3.35. The monoisotopic (exact) mass is 1170 g/mol. The van der Waals surface area contributed by atoms with Crippen LogP contribution in [0.15, 0.2) is 95.6 Å². The van der Waals surface area contributed by atoms with Gasteiger partial charge in [0, 0.05) is 95.2 Å². The van der Waals surface area contributed by atoms with E-state index in [1.165, 1.54) is 21.3 Å². The van der Waals surface area contributed by atoms with Crippen molar-refractivity contribution in [3.8, 4) is 29.4 Å². The van der Waals surface area contributed by atoms with Gasteiger partial charge in [0.15, 0.2) is 5.69 Å². The van der Waals surface area contributed by atoms with Crippen molar-refractivity contribution in [3.05, 3.63) is 124 Å². The molecule has 0 unspecified atom stereocenters. The van der Waals surface area contributed by atoms with Crippen LogP contribution in [-0.4, -0.2) is 127 Å². The number of ether oxygens (including phenoxy) is 6. The van der Waals surface area contributed by atoms with Gasteiger partial charge >= 0.3 is 41.4 Å². The number of esters is 1. The summed E-state index contributed by atoms with van der Waals surface area (Å²) in [6.45, 7) is 8.51. The van der Waals surface area contributed by atoms with Crippen LogP contribution >= 0.6 is 70.3 Å². The molecule has 5 heterocycles. The summed E-state index contributed by atoms with van der Waals surface area (Å²) in [5.74, 6) is 2.98. The van der Waals surface area contributed by atoms with E-state index >= 15 is 0 Å². The number of rotatable bonds is 8. The quantitative estimate of drug-likeness (QED) is 0.0416. The van der Waals surface area contributed by atoms with E-state index in [0.717, 1.165) is 17.4 Å². The third kappa shape index (κ3) is 50.7. The van der Waals surface area contributed by atoms with Crippen molar-refractivity contribution in [1.29, 1.82) is 0 Å². The van der Waals surface area contributed by atoms with Crippen LogP contribution in [0.5, 0.6) is 29.4 Å². The number of aliphatic hydroxyl groups excluding tert-OH is 3. The number of alkyl halides is 2. The summed E-state index contributed by atoms with van der Waals surface area (Å²) in [5.41, 5.74) is 1.71. The van der Waals surface area contributed by atoms with Crippen molar-refractivity contribution in [2.24, 2.45) is 0 Å². The number of hydrogen-bond donors (Lipinski definition) is 3. The minimum absolute atomic E-state index is 0. The van der Waals surface area contributed by atoms with Crippen LogP contribution < -0.4 is 53.2 Å². The van der Waals surface area contributed by atoms with Gasteiger partial charge in [0.2, 0.25) is 42.0 Å². The van der Waals surface area contributed by atoms with Gasteiger partial charge in [0.05, 0.1) is 75.1 Å². The Balaban J connectivity index is -0.000000105. The molecule has 0 saturated carbocycles. The maximum Gasteiger partial charge on any atom is 1.00 e. The normalized spacial score (nSPS) is 8.49. The van der Waals surface area contributed by atoms with Gasteiger partial charge in [-0.25, -0.2) is 33.1 Å². The standard InChI is InChI=1S/C8H9NO3.C7H8ClNO.C7H6N2O.C7H9NO2.C6H6BrNO.C2H6O.CH3F.CH4O.B.2Cl2OS.Na.H/c1-11-7-5-3-4-6(9-7)8(10)12-2;1-10-7-4-2-3-6(5-8)9-7;1-8-6-4-3-5-7(9-6)10-2;1-10-7-4-2-3-6(5-9)8-7;1-9-6-4-2-3-5(7)8-6;1-2-3;2*1-2;;2*1-4(2)3;;/h3-5H,1-2H3;2-4H,5H2,1H3;3-5H,2H3;2-4,9H,5H2,1H3;2-4H,1H3;3H,2H2,1H3;1H3;2H,1H3;;;;;/q;;;;;;;;;;;+1;-1/i;;;;;;1D;;;;;;. The van der Waals surface area contributed by atoms with Crippen LogP contribution in [0, 0.1) is 6.57 Å². The summed E-state index contributed by atoms with van der Waals surface area (Å²) < 4.78 is 63.2. The number of nitrogens with zero attached hydrogens (tertiary/aromatic N) is 6. The van der Waals surface area contributed by atoms with Crippen LogP contribution in [0.3, 0.4) is 0 Å². The Morgan fingerprint density at radius 2 is 1.03 bits per heavy atom. The molecule has 3 N–H and O–H groups in total. The molecule has 0 spiro atoms. The zero-order valence-electron chi connectivity index (χ0n) is 40.2. The number of aromatic nitrogens is 5. The molecule has 0 amide bonds. The van der Waals surface area contributed by atoms with E-state index in [1.807, 2.05) is 24.3 Å². The van der Waals surface area contributed by atoms with Crippen molar-refractivity contribution < 1.29 is 93.7 Å². The summed E-state index contributed by atoms with van der Waals surface area (Å²) in [7, 11) is 23.8. The Bertz CT molecular complexity index is 1980. The van der Waals surface area contributed by atoms with Gasteiger partial charge in [0.1, 0.15) is 4.60 Å². The van der Waals surface area contributed by atoms with E-state index in [2.05, 4.69) is 93.2 Å². The number of pyridine rings is 5. The van der Waals surface area contributed by atoms with E-state index in [1.54, 1.807) is 95.0 Å². The number of methoxy groups -OCH3 is 6. The van der Waals surface area contributed by atoms with Gasteiger partial charge in [-0.2, -0.15) is 0 Å². The predicted molar refractivity (Wildman–Crippen MR) is 269 cm³/mol. The van der Waals surface area contributed by atoms with Crippen LogP contribution in [0.25, 0.3) is 4.85 Å². The maximum absolute atomic E-state index is 10.9. The van der Waals surface area contributed by atoms with Crippen LogP contribution in [-0.2, 0) is 35.7 Å². The summed E-state index contributed by atoms with van der Waals surface area (Å²) in [4.78, 5) is 33.8. The van der Waals surface area contributed by atoms with E-state index in [9.17, 15) is 9.18 Å². The smallest absolute Gasteiger partial charge is 1.00 e. The number of carbonyl (C=O) groups excluding carboxylic acids is 1. The Morgan fingerprint density at radius 3 is 1.37 bits per heavy atom. The van der Waals surface area contributed by atoms with Crippen molar-refractivity contribution in [2.75, 3.05) is 63.5 Å². The van der Waals surface area contributed by atoms with Crippen LogP contribution in [0.4, 0.5) is 10.2 Å². The second-order valence-electron chi connectivity index (χ2n) is 9.53. The Kier molecular flexibility index (Phi) is 65.2. The molecule has 18 nitrogen and oxygen atoms in total. The zero-order valence-corrected chi connectivity index (χ0v) is 47.2. The molecule has 0 aliphatic carbocycles. The first-order valence-electron chi connectivity index (χ1n) is 17.9. The topological polar surface area (TPSA) is 236 Å². The SMILES string of the molecule is CCO.CO.COC(=O)c1cccc(OC)n1.COc1cccc(Br)n1.COc1cccc(CCl)n1.COc1cccc(CO)n1.O=S(Cl)Cl.O=S(Cl)Cl.[2H]CF.[B].[C-]#[N+]c1cccc(OC)n1.[H-].[Na+]. The molecule has 0 aromatic carbocycles. The fourth-order valence-corrected chi connectivity index (χ4v) is 3.61. The van der Waals surface area contributed by atoms with Gasteiger partial charge in [-0.15, -0.1) is 11.6 Å². The number of aliphatic hydroxyl groups is 3. The first-order valence-corrected chi connectivity index (χ1v) is 24.1. The average molecular weight is 1170 g/mol. The third-order valence-corrected chi connectivity index (χ3v) is 6.25. The van der Waals surface area contributed by atoms with Crippen molar-refractivity contribution in [3.63, 3.8) is 0 Å². The summed E-state index contributed by atoms with van der Waals surface area (Å²) >= 11 is 8.75. The van der Waals surface area contributed by atoms with E-state index < -0.39 is 31.6 Å². The predicted octanol–water partition coefficient (Wildman–Crippen LogP) is 5.80. The Morgan fingerprint density at radius 1 is 0.706 bits per heavy atom. The first-order chi connectivity index (χ1) is 32.0. The number of hydrogen-bond acceptors (Lipinski definition) is 17. The fourth-order valence-electron chi connectivity index (χ4n) is 3.13. The largest absolute Gasteiger partial charge is 1.00 e. The molecule has 375 valence electrons. The molecule has 0 fully saturated rings. The van der Waals surface area contributed by atoms with Gasteiger partial charge in [-0.1, -0.05) is 41.9 Å². The van der Waals surface area contributed by atoms with Crippen LogP contribution in [0.1, 0.15) is 31.6 Å². The minimum Gasteiger partial charge on any atom is -1.00 e. The molecule has 3 radical (unpaired) electrons. The molecule has 29 heteroatoms. The number of carbonyl (C=O) groups is 1. The van der Waals surface area contributed by atoms with Crippen LogP contribution in [0.2, 0.25) is 0 Å². The summed E-state index contributed by atoms with van der Waals surface area (Å²) in [6, 6.07) is 26.3. The van der Waals surface area contributed by atoms with E-state index in [0.29, 0.717) is 46.8 Å². The van der Waals surface area contributed by atoms with Crippen molar-refractivity contribution >= 4 is 109 Å². The van der Waals surface area contributed by atoms with E-state index in [4.69, 9.17) is 67.0 Å². The van der Waals surface area contributed by atoms with Gasteiger partial charge in [-0.3, -0.25) is 4.39 Å². The number of halogens is 7. The molecular weight excluding hydrogens is 1120 g/mol. The third-order valence-electron chi connectivity index (χ3n) is 5.54. The second kappa shape index (κ2) is 58.1. The van der Waals surface area contributed by atoms with Gasteiger partial charge in [-0.05, 0) is 53.2 Å². The Hall–Kier alpha value is -3.19. The zero-order chi connectivity index (χ0) is 52.4. The molecular formula is C39H52BBrCl5FN6NaO12S2. The molecule has 0 atom stereocenters. The molecule has 0 saturated heterocycles. The van der Waals surface area contributed by atoms with Crippen molar-refractivity contribution in [2.45, 2.75) is 19.4 Å². The molecule has 5 rings (SSSR count).